The van der Waals surface area contributed by atoms with E-state index in [1.165, 1.54) is 36.9 Å². The average molecular weight is 430 g/mol. The Morgan fingerprint density at radius 2 is 1.96 bits per heavy atom. The summed E-state index contributed by atoms with van der Waals surface area (Å²) in [5.41, 5.74) is 9.51. The first-order valence-electron chi connectivity index (χ1n) is 8.36. The number of hydrogen-bond acceptors (Lipinski definition) is 2. The molecule has 23 heavy (non-hydrogen) atoms. The Hall–Kier alpha value is -0.820. The monoisotopic (exact) mass is 430 g/mol. The van der Waals surface area contributed by atoms with Crippen molar-refractivity contribution in [2.24, 2.45) is 10.7 Å². The zero-order valence-electron chi connectivity index (χ0n) is 14.8. The fraction of sp³-hybridized carbons (Fsp3) is 0.611. The number of nitrogens with two attached hydrogens (primary N) is 1. The van der Waals surface area contributed by atoms with Crippen molar-refractivity contribution in [2.75, 3.05) is 18.4 Å². The summed E-state index contributed by atoms with van der Waals surface area (Å²) in [7, 11) is 0. The molecular weight excluding hydrogens is 399 g/mol. The Kier molecular flexibility index (Phi) is 8.33. The number of nitrogens with one attached hydrogen (secondary N) is 1. The molecule has 1 heterocycles. The van der Waals surface area contributed by atoms with Crippen LogP contribution in [0.1, 0.15) is 44.2 Å². The molecule has 0 amide bonds. The van der Waals surface area contributed by atoms with Gasteiger partial charge in [-0.3, -0.25) is 9.89 Å². The van der Waals surface area contributed by atoms with Crippen LogP contribution >= 0.6 is 24.0 Å². The maximum Gasteiger partial charge on any atom is 0.193 e. The van der Waals surface area contributed by atoms with E-state index in [9.17, 15) is 0 Å². The van der Waals surface area contributed by atoms with E-state index in [2.05, 4.69) is 61.1 Å². The molecule has 2 unspecified atom stereocenters. The lowest BCUT2D eigenvalue weighted by Crippen LogP contribution is -2.45. The molecule has 1 aromatic rings. The summed E-state index contributed by atoms with van der Waals surface area (Å²) in [6, 6.07) is 7.43. The molecule has 0 bridgehead atoms. The lowest BCUT2D eigenvalue weighted by Gasteiger charge is -2.37. The number of nitrogens with zero attached hydrogens (tertiary/aromatic N) is 2. The number of halogens is 1. The van der Waals surface area contributed by atoms with Crippen molar-refractivity contribution in [1.29, 1.82) is 0 Å². The average Bonchev–Trinajstić information content (AvgIpc) is 2.44. The molecule has 5 heteroatoms. The smallest absolute Gasteiger partial charge is 0.193 e. The van der Waals surface area contributed by atoms with Gasteiger partial charge >= 0.3 is 0 Å². The normalized spacial score (nSPS) is 20.7. The van der Waals surface area contributed by atoms with Crippen molar-refractivity contribution in [2.45, 2.75) is 59.0 Å². The molecule has 0 spiro atoms. The summed E-state index contributed by atoms with van der Waals surface area (Å²) in [4.78, 5) is 7.08. The molecule has 2 atom stereocenters. The molecular formula is C18H31IN4. The van der Waals surface area contributed by atoms with Gasteiger partial charge in [-0.2, -0.15) is 0 Å². The van der Waals surface area contributed by atoms with E-state index in [-0.39, 0.29) is 24.0 Å². The van der Waals surface area contributed by atoms with E-state index in [1.54, 1.807) is 0 Å². The summed E-state index contributed by atoms with van der Waals surface area (Å²) in [5.74, 6) is 0.501. The molecule has 1 saturated heterocycles. The van der Waals surface area contributed by atoms with Crippen LogP contribution in [0, 0.1) is 13.8 Å². The Morgan fingerprint density at radius 1 is 1.30 bits per heavy atom. The zero-order valence-corrected chi connectivity index (χ0v) is 17.1. The predicted molar refractivity (Wildman–Crippen MR) is 111 cm³/mol. The molecule has 4 nitrogen and oxygen atoms in total. The Balaban J connectivity index is 0.00000264. The molecule has 0 aromatic heterocycles. The molecule has 0 aliphatic carbocycles. The Morgan fingerprint density at radius 3 is 2.57 bits per heavy atom. The quantitative estimate of drug-likeness (QED) is 0.433. The molecule has 1 aromatic carbocycles. The van der Waals surface area contributed by atoms with Crippen LogP contribution in [-0.4, -0.2) is 36.0 Å². The zero-order chi connectivity index (χ0) is 16.1. The standard InChI is InChI=1S/C18H30N4.HI/c1-13-9-14(2)11-17(10-13)21-18(19)20-12-16(4)22-8-6-5-7-15(22)3;/h9-11,15-16H,5-8,12H2,1-4H3,(H3,19,20,21);1H. The van der Waals surface area contributed by atoms with Gasteiger partial charge in [0.2, 0.25) is 0 Å². The van der Waals surface area contributed by atoms with Crippen LogP contribution in [0.5, 0.6) is 0 Å². The Bertz CT molecular complexity index is 510. The van der Waals surface area contributed by atoms with Crippen molar-refractivity contribution in [1.82, 2.24) is 4.90 Å². The van der Waals surface area contributed by atoms with Crippen molar-refractivity contribution < 1.29 is 0 Å². The van der Waals surface area contributed by atoms with Gasteiger partial charge in [-0.15, -0.1) is 24.0 Å². The SMILES string of the molecule is Cc1cc(C)cc(NC(N)=NCC(C)N2CCCCC2C)c1.I. The van der Waals surface area contributed by atoms with E-state index < -0.39 is 0 Å². The third kappa shape index (κ3) is 6.30. The highest BCUT2D eigenvalue weighted by Crippen LogP contribution is 2.19. The first-order chi connectivity index (χ1) is 10.5. The van der Waals surface area contributed by atoms with Crippen LogP contribution in [-0.2, 0) is 0 Å². The van der Waals surface area contributed by atoms with Crippen LogP contribution in [0.2, 0.25) is 0 Å². The number of hydrogen-bond donors (Lipinski definition) is 2. The third-order valence-corrected chi connectivity index (χ3v) is 4.44. The number of rotatable bonds is 4. The largest absolute Gasteiger partial charge is 0.370 e. The van der Waals surface area contributed by atoms with Gasteiger partial charge in [0.15, 0.2) is 5.96 Å². The van der Waals surface area contributed by atoms with Gasteiger partial charge in [0.1, 0.15) is 0 Å². The highest BCUT2D eigenvalue weighted by atomic mass is 127. The lowest BCUT2D eigenvalue weighted by atomic mass is 10.0. The molecule has 1 aliphatic heterocycles. The molecule has 2 rings (SSSR count). The number of aryl methyl sites for hydroxylation is 2. The number of anilines is 1. The lowest BCUT2D eigenvalue weighted by molar-refractivity contribution is 0.118. The molecule has 0 saturated carbocycles. The highest BCUT2D eigenvalue weighted by Gasteiger charge is 2.22. The van der Waals surface area contributed by atoms with Gasteiger partial charge < -0.3 is 11.1 Å². The van der Waals surface area contributed by atoms with Crippen LogP contribution < -0.4 is 11.1 Å². The van der Waals surface area contributed by atoms with E-state index in [4.69, 9.17) is 5.73 Å². The van der Waals surface area contributed by atoms with Crippen molar-refractivity contribution >= 4 is 35.6 Å². The van der Waals surface area contributed by atoms with Crippen LogP contribution in [0.15, 0.2) is 23.2 Å². The van der Waals surface area contributed by atoms with E-state index >= 15 is 0 Å². The summed E-state index contributed by atoms with van der Waals surface area (Å²) in [6.07, 6.45) is 3.95. The Labute approximate surface area is 157 Å². The second-order valence-corrected chi connectivity index (χ2v) is 6.66. The van der Waals surface area contributed by atoms with E-state index in [0.717, 1.165) is 12.2 Å². The first-order valence-corrected chi connectivity index (χ1v) is 8.36. The minimum Gasteiger partial charge on any atom is -0.370 e. The molecule has 130 valence electrons. The molecule has 1 fully saturated rings. The number of likely N-dealkylation sites (tertiary alicyclic amines) is 1. The fourth-order valence-corrected chi connectivity index (χ4v) is 3.34. The predicted octanol–water partition coefficient (Wildman–Crippen LogP) is 3.91. The highest BCUT2D eigenvalue weighted by molar-refractivity contribution is 14.0. The minimum atomic E-state index is 0. The third-order valence-electron chi connectivity index (χ3n) is 4.44. The number of guanidine groups is 1. The minimum absolute atomic E-state index is 0. The van der Waals surface area contributed by atoms with Gasteiger partial charge in [-0.25, -0.2) is 0 Å². The van der Waals surface area contributed by atoms with Crippen molar-refractivity contribution in [3.63, 3.8) is 0 Å². The summed E-state index contributed by atoms with van der Waals surface area (Å²) in [6.45, 7) is 10.7. The van der Waals surface area contributed by atoms with Crippen LogP contribution in [0.3, 0.4) is 0 Å². The summed E-state index contributed by atoms with van der Waals surface area (Å²) in [5, 5.41) is 3.20. The summed E-state index contributed by atoms with van der Waals surface area (Å²) < 4.78 is 0. The first kappa shape index (κ1) is 20.2. The van der Waals surface area contributed by atoms with Gasteiger partial charge in [0.05, 0.1) is 6.54 Å². The summed E-state index contributed by atoms with van der Waals surface area (Å²) >= 11 is 0. The second kappa shape index (κ2) is 9.47. The second-order valence-electron chi connectivity index (χ2n) is 6.66. The van der Waals surface area contributed by atoms with E-state index in [1.807, 2.05) is 0 Å². The number of benzene rings is 1. The van der Waals surface area contributed by atoms with E-state index in [0.29, 0.717) is 18.0 Å². The molecule has 0 radical (unpaired) electrons. The van der Waals surface area contributed by atoms with Gasteiger partial charge in [-0.1, -0.05) is 12.5 Å². The maximum absolute atomic E-state index is 6.04. The van der Waals surface area contributed by atoms with Gasteiger partial charge in [0, 0.05) is 17.8 Å². The molecule has 1 aliphatic rings. The fourth-order valence-electron chi connectivity index (χ4n) is 3.34. The van der Waals surface area contributed by atoms with Crippen LogP contribution in [0.4, 0.5) is 5.69 Å². The van der Waals surface area contributed by atoms with Crippen molar-refractivity contribution in [3.05, 3.63) is 29.3 Å². The number of aliphatic imine (C=N–C) groups is 1. The maximum atomic E-state index is 6.04. The topological polar surface area (TPSA) is 53.6 Å². The number of piperidine rings is 1. The van der Waals surface area contributed by atoms with Gasteiger partial charge in [0.25, 0.3) is 0 Å². The van der Waals surface area contributed by atoms with Crippen molar-refractivity contribution in [3.8, 4) is 0 Å². The molecule has 3 N–H and O–H groups in total. The van der Waals surface area contributed by atoms with Gasteiger partial charge in [-0.05, 0) is 70.3 Å². The van der Waals surface area contributed by atoms with Crippen LogP contribution in [0.25, 0.3) is 0 Å².